The summed E-state index contributed by atoms with van der Waals surface area (Å²) < 4.78 is 24.7. The molecule has 0 saturated carbocycles. The Kier molecular flexibility index (Phi) is 5.68. The summed E-state index contributed by atoms with van der Waals surface area (Å²) in [5, 5.41) is 10.4. The lowest BCUT2D eigenvalue weighted by Crippen LogP contribution is -2.01. The Morgan fingerprint density at radius 2 is 1.96 bits per heavy atom. The van der Waals surface area contributed by atoms with Crippen molar-refractivity contribution in [3.8, 4) is 11.5 Å². The van der Waals surface area contributed by atoms with Gasteiger partial charge >= 0.3 is 0 Å². The van der Waals surface area contributed by atoms with Crippen LogP contribution in [0.25, 0.3) is 6.08 Å². The molecule has 0 atom stereocenters. The van der Waals surface area contributed by atoms with Crippen molar-refractivity contribution in [1.82, 2.24) is 0 Å². The minimum Gasteiger partial charge on any atom is -0.490 e. The number of hydrogen-bond acceptors (Lipinski definition) is 4. The Bertz CT molecular complexity index is 715. The van der Waals surface area contributed by atoms with Crippen LogP contribution in [0.1, 0.15) is 18.1 Å². The molecule has 120 valence electrons. The minimum atomic E-state index is -0.539. The molecule has 0 heterocycles. The molecule has 5 nitrogen and oxygen atoms in total. The van der Waals surface area contributed by atoms with Crippen LogP contribution < -0.4 is 9.47 Å². The van der Waals surface area contributed by atoms with Crippen LogP contribution in [0.5, 0.6) is 11.5 Å². The van der Waals surface area contributed by atoms with Gasteiger partial charge in [0.2, 0.25) is 6.20 Å². The largest absolute Gasteiger partial charge is 0.490 e. The smallest absolute Gasteiger partial charge is 0.235 e. The third-order valence-electron chi connectivity index (χ3n) is 3.00. The molecule has 0 saturated heterocycles. The number of nitro groups is 1. The van der Waals surface area contributed by atoms with Crippen molar-refractivity contribution in [3.05, 3.63) is 75.7 Å². The van der Waals surface area contributed by atoms with E-state index in [-0.39, 0.29) is 12.4 Å². The highest BCUT2D eigenvalue weighted by molar-refractivity contribution is 5.55. The van der Waals surface area contributed by atoms with Crippen LogP contribution in [0.2, 0.25) is 0 Å². The molecular weight excluding hydrogens is 301 g/mol. The lowest BCUT2D eigenvalue weighted by Gasteiger charge is -2.13. The van der Waals surface area contributed by atoms with Crippen LogP contribution in [-0.2, 0) is 6.61 Å². The summed E-state index contributed by atoms with van der Waals surface area (Å²) in [7, 11) is 0. The van der Waals surface area contributed by atoms with Crippen molar-refractivity contribution >= 4 is 6.08 Å². The molecule has 0 N–H and O–H groups in total. The normalized spacial score (nSPS) is 10.7. The molecule has 0 unspecified atom stereocenters. The topological polar surface area (TPSA) is 61.6 Å². The fraction of sp³-hybridized carbons (Fsp3) is 0.176. The third kappa shape index (κ3) is 4.81. The highest BCUT2D eigenvalue weighted by atomic mass is 19.1. The molecular formula is C17H16FNO4. The first kappa shape index (κ1) is 16.5. The fourth-order valence-electron chi connectivity index (χ4n) is 1.93. The average Bonchev–Trinajstić information content (AvgIpc) is 2.53. The fourth-order valence-corrected chi connectivity index (χ4v) is 1.93. The van der Waals surface area contributed by atoms with Gasteiger partial charge in [-0.25, -0.2) is 4.39 Å². The molecule has 0 amide bonds. The number of benzene rings is 2. The molecule has 0 aliphatic heterocycles. The Hall–Kier alpha value is -2.89. The molecule has 0 aliphatic carbocycles. The number of halogens is 1. The predicted octanol–water partition coefficient (Wildman–Crippen LogP) is 4.05. The second-order valence-electron chi connectivity index (χ2n) is 4.62. The van der Waals surface area contributed by atoms with E-state index in [0.29, 0.717) is 29.2 Å². The van der Waals surface area contributed by atoms with Crippen LogP contribution >= 0.6 is 0 Å². The van der Waals surface area contributed by atoms with E-state index < -0.39 is 4.92 Å². The quantitative estimate of drug-likeness (QED) is 0.571. The highest BCUT2D eigenvalue weighted by Gasteiger charge is 2.08. The summed E-state index contributed by atoms with van der Waals surface area (Å²) in [5.74, 6) is 0.568. The predicted molar refractivity (Wildman–Crippen MR) is 84.4 cm³/mol. The molecule has 0 radical (unpaired) electrons. The van der Waals surface area contributed by atoms with Gasteiger partial charge in [0.05, 0.1) is 11.5 Å². The van der Waals surface area contributed by atoms with Crippen LogP contribution in [-0.4, -0.2) is 11.5 Å². The Balaban J connectivity index is 2.17. The van der Waals surface area contributed by atoms with Crippen molar-refractivity contribution in [1.29, 1.82) is 0 Å². The van der Waals surface area contributed by atoms with E-state index in [0.717, 1.165) is 6.20 Å². The molecule has 23 heavy (non-hydrogen) atoms. The van der Waals surface area contributed by atoms with Gasteiger partial charge in [0.25, 0.3) is 0 Å². The highest BCUT2D eigenvalue weighted by Crippen LogP contribution is 2.30. The lowest BCUT2D eigenvalue weighted by molar-refractivity contribution is -0.400. The monoisotopic (exact) mass is 317 g/mol. The van der Waals surface area contributed by atoms with E-state index in [4.69, 9.17) is 9.47 Å². The second-order valence-corrected chi connectivity index (χ2v) is 4.62. The third-order valence-corrected chi connectivity index (χ3v) is 3.00. The van der Waals surface area contributed by atoms with Gasteiger partial charge < -0.3 is 9.47 Å². The summed E-state index contributed by atoms with van der Waals surface area (Å²) in [4.78, 5) is 9.83. The first-order chi connectivity index (χ1) is 11.1. The molecule has 2 rings (SSSR count). The number of hydrogen-bond donors (Lipinski definition) is 0. The minimum absolute atomic E-state index is 0.0663. The van der Waals surface area contributed by atoms with E-state index in [1.807, 2.05) is 6.92 Å². The Morgan fingerprint density at radius 1 is 1.17 bits per heavy atom. The van der Waals surface area contributed by atoms with Gasteiger partial charge in [-0.05, 0) is 30.7 Å². The van der Waals surface area contributed by atoms with E-state index in [1.165, 1.54) is 12.1 Å². The van der Waals surface area contributed by atoms with Gasteiger partial charge in [0.15, 0.2) is 11.5 Å². The van der Waals surface area contributed by atoms with Gasteiger partial charge in [-0.15, -0.1) is 0 Å². The van der Waals surface area contributed by atoms with Crippen LogP contribution in [0.3, 0.4) is 0 Å². The Morgan fingerprint density at radius 3 is 2.65 bits per heavy atom. The summed E-state index contributed by atoms with van der Waals surface area (Å²) in [6.45, 7) is 2.30. The van der Waals surface area contributed by atoms with Gasteiger partial charge in [-0.1, -0.05) is 24.3 Å². The molecule has 2 aromatic rings. The van der Waals surface area contributed by atoms with Crippen LogP contribution in [0, 0.1) is 15.9 Å². The summed E-state index contributed by atoms with van der Waals surface area (Å²) in [6.07, 6.45) is 2.22. The summed E-state index contributed by atoms with van der Waals surface area (Å²) in [6, 6.07) is 11.3. The lowest BCUT2D eigenvalue weighted by atomic mass is 10.2. The van der Waals surface area contributed by atoms with E-state index in [1.54, 1.807) is 36.4 Å². The van der Waals surface area contributed by atoms with Gasteiger partial charge in [-0.3, -0.25) is 10.1 Å². The van der Waals surface area contributed by atoms with E-state index in [9.17, 15) is 14.5 Å². The molecule has 6 heteroatoms. The van der Waals surface area contributed by atoms with Gasteiger partial charge in [-0.2, -0.15) is 0 Å². The number of nitrogens with zero attached hydrogens (tertiary/aromatic N) is 1. The SMILES string of the molecule is CCOc1cc(/C=C/[N+](=O)[O-])ccc1OCc1ccccc1F. The number of ether oxygens (including phenoxy) is 2. The summed E-state index contributed by atoms with van der Waals surface area (Å²) >= 11 is 0. The molecule has 0 spiro atoms. The van der Waals surface area contributed by atoms with E-state index >= 15 is 0 Å². The maximum Gasteiger partial charge on any atom is 0.235 e. The van der Waals surface area contributed by atoms with Gasteiger partial charge in [0.1, 0.15) is 12.4 Å². The summed E-state index contributed by atoms with van der Waals surface area (Å²) in [5.41, 5.74) is 1.05. The molecule has 2 aromatic carbocycles. The molecule has 0 aliphatic rings. The standard InChI is InChI=1S/C17H16FNO4/c1-2-22-17-11-13(9-10-19(20)21)7-8-16(17)23-12-14-5-3-4-6-15(14)18/h3-11H,2,12H2,1H3/b10-9+. The average molecular weight is 317 g/mol. The van der Waals surface area contributed by atoms with Crippen molar-refractivity contribution < 1.29 is 18.8 Å². The first-order valence-corrected chi connectivity index (χ1v) is 7.05. The molecule has 0 bridgehead atoms. The zero-order valence-electron chi connectivity index (χ0n) is 12.6. The Labute approximate surface area is 133 Å². The van der Waals surface area contributed by atoms with Crippen molar-refractivity contribution in [2.45, 2.75) is 13.5 Å². The maximum absolute atomic E-state index is 13.6. The first-order valence-electron chi connectivity index (χ1n) is 7.05. The van der Waals surface area contributed by atoms with Crippen molar-refractivity contribution in [2.24, 2.45) is 0 Å². The molecule has 0 fully saturated rings. The maximum atomic E-state index is 13.6. The van der Waals surface area contributed by atoms with Crippen molar-refractivity contribution in [3.63, 3.8) is 0 Å². The second kappa shape index (κ2) is 7.93. The van der Waals surface area contributed by atoms with Crippen LogP contribution in [0.15, 0.2) is 48.7 Å². The molecule has 0 aromatic heterocycles. The van der Waals surface area contributed by atoms with E-state index in [2.05, 4.69) is 0 Å². The zero-order chi connectivity index (χ0) is 16.7. The van der Waals surface area contributed by atoms with Crippen LogP contribution in [0.4, 0.5) is 4.39 Å². The van der Waals surface area contributed by atoms with Gasteiger partial charge in [0, 0.05) is 11.6 Å². The van der Waals surface area contributed by atoms with Crippen molar-refractivity contribution in [2.75, 3.05) is 6.61 Å². The number of rotatable bonds is 7. The zero-order valence-corrected chi connectivity index (χ0v) is 12.6.